The molecule has 0 spiro atoms. The molecule has 0 saturated carbocycles. The highest BCUT2D eigenvalue weighted by Gasteiger charge is 2.12. The first-order valence-corrected chi connectivity index (χ1v) is 6.15. The van der Waals surface area contributed by atoms with Crippen molar-refractivity contribution in [2.45, 2.75) is 12.6 Å². The Bertz CT molecular complexity index is 503. The zero-order chi connectivity index (χ0) is 13.0. The van der Waals surface area contributed by atoms with Gasteiger partial charge in [0.2, 0.25) is 0 Å². The molecule has 6 heteroatoms. The van der Waals surface area contributed by atoms with Crippen molar-refractivity contribution >= 4 is 23.2 Å². The molecule has 1 aromatic heterocycles. The van der Waals surface area contributed by atoms with E-state index in [4.69, 9.17) is 27.7 Å². The van der Waals surface area contributed by atoms with Crippen molar-refractivity contribution in [2.24, 2.45) is 0 Å². The van der Waals surface area contributed by atoms with Gasteiger partial charge in [-0.2, -0.15) is 0 Å². The summed E-state index contributed by atoms with van der Waals surface area (Å²) in [4.78, 5) is 0. The van der Waals surface area contributed by atoms with E-state index in [1.807, 2.05) is 0 Å². The normalized spacial score (nSPS) is 12.6. The highest BCUT2D eigenvalue weighted by Crippen LogP contribution is 2.25. The summed E-state index contributed by atoms with van der Waals surface area (Å²) in [7, 11) is 0. The number of benzene rings is 1. The monoisotopic (exact) mass is 286 g/mol. The maximum absolute atomic E-state index is 10.0. The van der Waals surface area contributed by atoms with E-state index in [1.165, 1.54) is 0 Å². The fraction of sp³-hybridized carbons (Fsp3) is 0.250. The second kappa shape index (κ2) is 6.20. The fourth-order valence-electron chi connectivity index (χ4n) is 1.55. The summed E-state index contributed by atoms with van der Waals surface area (Å²) in [5.41, 5.74) is 0.606. The van der Waals surface area contributed by atoms with Crippen molar-refractivity contribution < 1.29 is 9.63 Å². The molecule has 0 amide bonds. The van der Waals surface area contributed by atoms with Gasteiger partial charge in [0, 0.05) is 28.2 Å². The van der Waals surface area contributed by atoms with Gasteiger partial charge in [0.25, 0.3) is 0 Å². The zero-order valence-corrected chi connectivity index (χ0v) is 10.9. The molecule has 2 rings (SSSR count). The van der Waals surface area contributed by atoms with Crippen LogP contribution in [0.3, 0.4) is 0 Å². The number of halogens is 2. The van der Waals surface area contributed by atoms with Crippen molar-refractivity contribution in [3.05, 3.63) is 51.8 Å². The number of hydrogen-bond donors (Lipinski definition) is 2. The molecule has 0 aliphatic carbocycles. The zero-order valence-electron chi connectivity index (χ0n) is 9.44. The molecular formula is C12H12Cl2N2O2. The summed E-state index contributed by atoms with van der Waals surface area (Å²) in [6.07, 6.45) is 0.848. The summed E-state index contributed by atoms with van der Waals surface area (Å²) in [6.45, 7) is 0.843. The highest BCUT2D eigenvalue weighted by atomic mass is 35.5. The molecule has 0 aliphatic rings. The average Bonchev–Trinajstić information content (AvgIpc) is 2.85. The summed E-state index contributed by atoms with van der Waals surface area (Å²) in [5, 5.41) is 17.7. The molecular weight excluding hydrogens is 275 g/mol. The molecule has 1 atom stereocenters. The Kier molecular flexibility index (Phi) is 4.60. The van der Waals surface area contributed by atoms with Crippen LogP contribution in [0.1, 0.15) is 17.4 Å². The fourth-order valence-corrected chi connectivity index (χ4v) is 1.97. The Morgan fingerprint density at radius 2 is 2.17 bits per heavy atom. The van der Waals surface area contributed by atoms with Gasteiger partial charge in [0.05, 0.1) is 18.8 Å². The summed E-state index contributed by atoms with van der Waals surface area (Å²) < 4.78 is 4.92. The first-order chi connectivity index (χ1) is 8.66. The molecule has 96 valence electrons. The second-order valence-corrected chi connectivity index (χ2v) is 4.63. The van der Waals surface area contributed by atoms with Crippen LogP contribution < -0.4 is 5.32 Å². The van der Waals surface area contributed by atoms with Gasteiger partial charge < -0.3 is 14.9 Å². The van der Waals surface area contributed by atoms with Gasteiger partial charge in [-0.1, -0.05) is 28.4 Å². The number of aliphatic hydroxyl groups is 1. The van der Waals surface area contributed by atoms with Gasteiger partial charge in [-0.3, -0.25) is 0 Å². The Labute approximate surface area is 114 Å². The maximum atomic E-state index is 10.0. The second-order valence-electron chi connectivity index (χ2n) is 3.79. The standard InChI is InChI=1S/C12H12Cl2N2O2/c13-8-1-2-11(14)10(5-8)12(17)7-15-6-9-3-4-16-18-9/h1-5,12,15,17H,6-7H2. The molecule has 0 saturated heterocycles. The van der Waals surface area contributed by atoms with Gasteiger partial charge in [0.1, 0.15) is 5.76 Å². The van der Waals surface area contributed by atoms with Gasteiger partial charge in [-0.15, -0.1) is 0 Å². The molecule has 0 aliphatic heterocycles. The van der Waals surface area contributed by atoms with Crippen LogP contribution in [-0.4, -0.2) is 16.8 Å². The molecule has 1 aromatic carbocycles. The minimum atomic E-state index is -0.723. The number of hydrogen-bond acceptors (Lipinski definition) is 4. The van der Waals surface area contributed by atoms with Crippen LogP contribution in [0.4, 0.5) is 0 Å². The summed E-state index contributed by atoms with van der Waals surface area (Å²) in [6, 6.07) is 6.76. The third kappa shape index (κ3) is 3.46. The predicted octanol–water partition coefficient (Wildman–Crippen LogP) is 2.80. The minimum Gasteiger partial charge on any atom is -0.387 e. The van der Waals surface area contributed by atoms with E-state index in [0.29, 0.717) is 34.5 Å². The van der Waals surface area contributed by atoms with E-state index in [1.54, 1.807) is 30.5 Å². The van der Waals surface area contributed by atoms with Crippen molar-refractivity contribution in [1.82, 2.24) is 10.5 Å². The van der Waals surface area contributed by atoms with Gasteiger partial charge in [-0.05, 0) is 18.2 Å². The average molecular weight is 287 g/mol. The SMILES string of the molecule is OC(CNCc1ccno1)c1cc(Cl)ccc1Cl. The predicted molar refractivity (Wildman–Crippen MR) is 69.6 cm³/mol. The Hall–Kier alpha value is -1.07. The lowest BCUT2D eigenvalue weighted by Gasteiger charge is -2.13. The van der Waals surface area contributed by atoms with E-state index in [-0.39, 0.29) is 0 Å². The van der Waals surface area contributed by atoms with Crippen LogP contribution in [0.2, 0.25) is 10.0 Å². The lowest BCUT2D eigenvalue weighted by Crippen LogP contribution is -2.21. The Balaban J connectivity index is 1.91. The molecule has 2 N–H and O–H groups in total. The molecule has 1 heterocycles. The molecule has 0 fully saturated rings. The first kappa shape index (κ1) is 13.4. The largest absolute Gasteiger partial charge is 0.387 e. The number of nitrogens with zero attached hydrogens (tertiary/aromatic N) is 1. The third-order valence-corrected chi connectivity index (χ3v) is 3.02. The van der Waals surface area contributed by atoms with Gasteiger partial charge in [-0.25, -0.2) is 0 Å². The number of nitrogens with one attached hydrogen (secondary N) is 1. The van der Waals surface area contributed by atoms with E-state index in [9.17, 15) is 5.11 Å². The van der Waals surface area contributed by atoms with Crippen molar-refractivity contribution in [3.8, 4) is 0 Å². The van der Waals surface area contributed by atoms with Crippen molar-refractivity contribution in [3.63, 3.8) is 0 Å². The third-order valence-electron chi connectivity index (χ3n) is 2.45. The number of aliphatic hydroxyl groups excluding tert-OH is 1. The Morgan fingerprint density at radius 3 is 2.89 bits per heavy atom. The first-order valence-electron chi connectivity index (χ1n) is 5.40. The lowest BCUT2D eigenvalue weighted by atomic mass is 10.1. The molecule has 2 aromatic rings. The van der Waals surface area contributed by atoms with Gasteiger partial charge in [0.15, 0.2) is 0 Å². The van der Waals surface area contributed by atoms with Crippen LogP contribution in [0, 0.1) is 0 Å². The molecule has 1 unspecified atom stereocenters. The summed E-state index contributed by atoms with van der Waals surface area (Å²) >= 11 is 11.9. The quantitative estimate of drug-likeness (QED) is 0.887. The van der Waals surface area contributed by atoms with Crippen LogP contribution in [0.5, 0.6) is 0 Å². The van der Waals surface area contributed by atoms with E-state index < -0.39 is 6.10 Å². The smallest absolute Gasteiger partial charge is 0.150 e. The molecule has 4 nitrogen and oxygen atoms in total. The van der Waals surface area contributed by atoms with Crippen molar-refractivity contribution in [1.29, 1.82) is 0 Å². The number of aromatic nitrogens is 1. The van der Waals surface area contributed by atoms with Crippen LogP contribution >= 0.6 is 23.2 Å². The molecule has 0 radical (unpaired) electrons. The van der Waals surface area contributed by atoms with Crippen molar-refractivity contribution in [2.75, 3.05) is 6.54 Å². The van der Waals surface area contributed by atoms with E-state index in [0.717, 1.165) is 0 Å². The summed E-state index contributed by atoms with van der Waals surface area (Å²) in [5.74, 6) is 0.708. The van der Waals surface area contributed by atoms with E-state index >= 15 is 0 Å². The highest BCUT2D eigenvalue weighted by molar-refractivity contribution is 6.33. The van der Waals surface area contributed by atoms with Crippen LogP contribution in [0.15, 0.2) is 35.0 Å². The topological polar surface area (TPSA) is 58.3 Å². The maximum Gasteiger partial charge on any atom is 0.150 e. The lowest BCUT2D eigenvalue weighted by molar-refractivity contribution is 0.173. The number of rotatable bonds is 5. The van der Waals surface area contributed by atoms with E-state index in [2.05, 4.69) is 10.5 Å². The van der Waals surface area contributed by atoms with Crippen LogP contribution in [-0.2, 0) is 6.54 Å². The minimum absolute atomic E-state index is 0.348. The van der Waals surface area contributed by atoms with Crippen LogP contribution in [0.25, 0.3) is 0 Å². The Morgan fingerprint density at radius 1 is 1.33 bits per heavy atom. The van der Waals surface area contributed by atoms with Gasteiger partial charge >= 0.3 is 0 Å². The molecule has 18 heavy (non-hydrogen) atoms. The molecule has 0 bridgehead atoms.